The lowest BCUT2D eigenvalue weighted by atomic mass is 10.1. The quantitative estimate of drug-likeness (QED) is 0.881. The summed E-state index contributed by atoms with van der Waals surface area (Å²) in [5.74, 6) is -1.06. The molecule has 0 aliphatic carbocycles. The van der Waals surface area contributed by atoms with E-state index in [-0.39, 0.29) is 11.5 Å². The highest BCUT2D eigenvalue weighted by Gasteiger charge is 2.58. The van der Waals surface area contributed by atoms with E-state index in [2.05, 4.69) is 20.2 Å². The van der Waals surface area contributed by atoms with Gasteiger partial charge in [0.2, 0.25) is 5.82 Å². The first-order valence-corrected chi connectivity index (χ1v) is 7.14. The molecule has 2 unspecified atom stereocenters. The minimum atomic E-state index is -4.56. The normalized spacial score (nSPS) is 26.0. The molecule has 5 nitrogen and oxygen atoms in total. The lowest BCUT2D eigenvalue weighted by Crippen LogP contribution is -2.12. The fourth-order valence-electron chi connectivity index (χ4n) is 2.83. The molecular formula is C15H13F3N4O. The Kier molecular flexibility index (Phi) is 3.07. The Morgan fingerprint density at radius 3 is 2.57 bits per heavy atom. The summed E-state index contributed by atoms with van der Waals surface area (Å²) >= 11 is 0. The number of ether oxygens (including phenoxy) is 1. The maximum atomic E-state index is 12.6. The Hall–Kier alpha value is -2.19. The zero-order valence-corrected chi connectivity index (χ0v) is 12.0. The van der Waals surface area contributed by atoms with E-state index in [0.29, 0.717) is 5.69 Å². The number of rotatable bonds is 3. The number of anilines is 2. The van der Waals surface area contributed by atoms with Crippen LogP contribution in [0.5, 0.6) is 0 Å². The summed E-state index contributed by atoms with van der Waals surface area (Å²) in [5, 5.41) is 2.85. The summed E-state index contributed by atoms with van der Waals surface area (Å²) in [6.07, 6.45) is -3.48. The minimum absolute atomic E-state index is 0.100. The van der Waals surface area contributed by atoms with Crippen molar-refractivity contribution in [2.45, 2.75) is 11.9 Å². The van der Waals surface area contributed by atoms with Gasteiger partial charge in [0.25, 0.3) is 0 Å². The third-order valence-electron chi connectivity index (χ3n) is 4.03. The lowest BCUT2D eigenvalue weighted by molar-refractivity contribution is -0.144. The van der Waals surface area contributed by atoms with Crippen molar-refractivity contribution in [3.8, 4) is 0 Å². The SMILES string of the molecule is FC(F)(F)c1nccc(Nc2ccc(C34CN3CCO4)cc2)n1. The molecule has 0 spiro atoms. The zero-order valence-electron chi connectivity index (χ0n) is 12.0. The Morgan fingerprint density at radius 1 is 1.17 bits per heavy atom. The van der Waals surface area contributed by atoms with Crippen LogP contribution in [-0.2, 0) is 16.6 Å². The molecule has 23 heavy (non-hydrogen) atoms. The molecule has 1 aromatic heterocycles. The topological polar surface area (TPSA) is 50.0 Å². The highest BCUT2D eigenvalue weighted by atomic mass is 19.4. The van der Waals surface area contributed by atoms with Crippen molar-refractivity contribution in [2.75, 3.05) is 25.0 Å². The van der Waals surface area contributed by atoms with Gasteiger partial charge in [-0.15, -0.1) is 0 Å². The second-order valence-corrected chi connectivity index (χ2v) is 5.52. The van der Waals surface area contributed by atoms with Crippen molar-refractivity contribution >= 4 is 11.5 Å². The number of alkyl halides is 3. The first-order chi connectivity index (χ1) is 11.0. The van der Waals surface area contributed by atoms with E-state index in [0.717, 1.165) is 31.5 Å². The van der Waals surface area contributed by atoms with E-state index in [1.54, 1.807) is 12.1 Å². The molecule has 0 radical (unpaired) electrons. The first kappa shape index (κ1) is 14.4. The summed E-state index contributed by atoms with van der Waals surface area (Å²) in [7, 11) is 0. The maximum Gasteiger partial charge on any atom is 0.451 e. The Morgan fingerprint density at radius 2 is 1.96 bits per heavy atom. The molecule has 2 aliphatic heterocycles. The fourth-order valence-corrected chi connectivity index (χ4v) is 2.83. The van der Waals surface area contributed by atoms with Crippen LogP contribution in [0.15, 0.2) is 36.5 Å². The number of halogens is 3. The number of fused-ring (bicyclic) bond motifs is 1. The molecule has 0 bridgehead atoms. The van der Waals surface area contributed by atoms with E-state index >= 15 is 0 Å². The Bertz CT molecular complexity index is 734. The lowest BCUT2D eigenvalue weighted by Gasteiger charge is -2.13. The molecule has 3 heterocycles. The summed E-state index contributed by atoms with van der Waals surface area (Å²) in [6.45, 7) is 2.54. The molecular weight excluding hydrogens is 309 g/mol. The Labute approximate surface area is 130 Å². The maximum absolute atomic E-state index is 12.6. The van der Waals surface area contributed by atoms with Gasteiger partial charge >= 0.3 is 6.18 Å². The molecule has 2 fully saturated rings. The van der Waals surface area contributed by atoms with Crippen molar-refractivity contribution in [1.29, 1.82) is 0 Å². The van der Waals surface area contributed by atoms with Crippen LogP contribution < -0.4 is 5.32 Å². The van der Waals surface area contributed by atoms with Crippen molar-refractivity contribution in [1.82, 2.24) is 14.9 Å². The molecule has 8 heteroatoms. The third kappa shape index (κ3) is 2.53. The second kappa shape index (κ2) is 4.90. The van der Waals surface area contributed by atoms with Crippen LogP contribution in [0.3, 0.4) is 0 Å². The molecule has 120 valence electrons. The minimum Gasteiger partial charge on any atom is -0.353 e. The molecule has 2 saturated heterocycles. The molecule has 2 aromatic rings. The predicted octanol–water partition coefficient (Wildman–Crippen LogP) is 2.74. The largest absolute Gasteiger partial charge is 0.451 e. The molecule has 0 saturated carbocycles. The monoisotopic (exact) mass is 322 g/mol. The van der Waals surface area contributed by atoms with Gasteiger partial charge in [0, 0.05) is 30.5 Å². The van der Waals surface area contributed by atoms with Crippen LogP contribution in [0.25, 0.3) is 0 Å². The highest BCUT2D eigenvalue weighted by Crippen LogP contribution is 2.47. The predicted molar refractivity (Wildman–Crippen MR) is 76.0 cm³/mol. The molecule has 1 aromatic carbocycles. The van der Waals surface area contributed by atoms with Gasteiger partial charge in [-0.2, -0.15) is 13.2 Å². The average Bonchev–Trinajstić information content (AvgIpc) is 3.09. The summed E-state index contributed by atoms with van der Waals surface area (Å²) in [6, 6.07) is 8.83. The Balaban J connectivity index is 1.51. The molecule has 2 atom stereocenters. The van der Waals surface area contributed by atoms with Gasteiger partial charge in [0.15, 0.2) is 5.72 Å². The number of nitrogens with zero attached hydrogens (tertiary/aromatic N) is 3. The second-order valence-electron chi connectivity index (χ2n) is 5.52. The fraction of sp³-hybridized carbons (Fsp3) is 0.333. The van der Waals surface area contributed by atoms with Gasteiger partial charge in [-0.1, -0.05) is 12.1 Å². The summed E-state index contributed by atoms with van der Waals surface area (Å²) < 4.78 is 43.6. The van der Waals surface area contributed by atoms with E-state index in [4.69, 9.17) is 4.74 Å². The number of hydrogen-bond acceptors (Lipinski definition) is 5. The molecule has 0 amide bonds. The van der Waals surface area contributed by atoms with Crippen molar-refractivity contribution in [3.05, 3.63) is 47.9 Å². The standard InChI is InChI=1S/C15H13F3N4O/c16-15(17,18)13-19-6-5-12(21-13)20-11-3-1-10(2-4-11)14-9-22(14)7-8-23-14/h1-6H,7-9H2,(H,19,20,21). The van der Waals surface area contributed by atoms with Gasteiger partial charge in [0.05, 0.1) is 6.61 Å². The average molecular weight is 322 g/mol. The number of aromatic nitrogens is 2. The van der Waals surface area contributed by atoms with E-state index in [1.165, 1.54) is 6.07 Å². The first-order valence-electron chi connectivity index (χ1n) is 7.14. The molecule has 4 rings (SSSR count). The van der Waals surface area contributed by atoms with Crippen LogP contribution >= 0.6 is 0 Å². The summed E-state index contributed by atoms with van der Waals surface area (Å²) in [5.41, 5.74) is 1.43. The van der Waals surface area contributed by atoms with Crippen LogP contribution in [0, 0.1) is 0 Å². The van der Waals surface area contributed by atoms with Crippen LogP contribution in [0.1, 0.15) is 11.4 Å². The number of morpholine rings is 1. The van der Waals surface area contributed by atoms with Crippen molar-refractivity contribution < 1.29 is 17.9 Å². The van der Waals surface area contributed by atoms with Crippen molar-refractivity contribution in [2.24, 2.45) is 0 Å². The van der Waals surface area contributed by atoms with Crippen LogP contribution in [-0.4, -0.2) is 34.6 Å². The summed E-state index contributed by atoms with van der Waals surface area (Å²) in [4.78, 5) is 8.95. The zero-order chi connectivity index (χ0) is 16.1. The number of benzene rings is 1. The van der Waals surface area contributed by atoms with Crippen molar-refractivity contribution in [3.63, 3.8) is 0 Å². The van der Waals surface area contributed by atoms with Gasteiger partial charge in [0.1, 0.15) is 5.82 Å². The van der Waals surface area contributed by atoms with Gasteiger partial charge in [-0.25, -0.2) is 9.97 Å². The van der Waals surface area contributed by atoms with Gasteiger partial charge in [-0.05, 0) is 18.2 Å². The van der Waals surface area contributed by atoms with Gasteiger partial charge in [-0.3, -0.25) is 4.90 Å². The third-order valence-corrected chi connectivity index (χ3v) is 4.03. The van der Waals surface area contributed by atoms with Crippen LogP contribution in [0.2, 0.25) is 0 Å². The smallest absolute Gasteiger partial charge is 0.353 e. The molecule has 1 N–H and O–H groups in total. The van der Waals surface area contributed by atoms with E-state index in [1.807, 2.05) is 12.1 Å². The highest BCUT2D eigenvalue weighted by molar-refractivity contribution is 5.56. The number of hydrogen-bond donors (Lipinski definition) is 1. The molecule has 2 aliphatic rings. The van der Waals surface area contributed by atoms with Gasteiger partial charge < -0.3 is 10.1 Å². The van der Waals surface area contributed by atoms with E-state index in [9.17, 15) is 13.2 Å². The van der Waals surface area contributed by atoms with Crippen LogP contribution in [0.4, 0.5) is 24.7 Å². The number of nitrogens with one attached hydrogen (secondary N) is 1. The van der Waals surface area contributed by atoms with E-state index < -0.39 is 12.0 Å².